The van der Waals surface area contributed by atoms with Gasteiger partial charge in [-0.15, -0.1) is 0 Å². The highest BCUT2D eigenvalue weighted by Crippen LogP contribution is 2.32. The highest BCUT2D eigenvalue weighted by Gasteiger charge is 2.29. The number of carboxylic acids is 1. The molecule has 1 unspecified atom stereocenters. The molecule has 2 rings (SSSR count). The van der Waals surface area contributed by atoms with Crippen molar-refractivity contribution in [3.8, 4) is 0 Å². The van der Waals surface area contributed by atoms with E-state index in [2.05, 4.69) is 11.8 Å². The molecule has 0 spiro atoms. The number of hydrogen-bond acceptors (Lipinski definition) is 2. The number of aliphatic carboxylic acids is 1. The Kier molecular flexibility index (Phi) is 5.68. The molecule has 0 aromatic carbocycles. The van der Waals surface area contributed by atoms with Gasteiger partial charge in [0.25, 0.3) is 0 Å². The zero-order valence-corrected chi connectivity index (χ0v) is 12.3. The van der Waals surface area contributed by atoms with Crippen LogP contribution in [0, 0.1) is 11.8 Å². The van der Waals surface area contributed by atoms with Crippen molar-refractivity contribution in [1.82, 2.24) is 4.90 Å². The monoisotopic (exact) mass is 267 g/mol. The van der Waals surface area contributed by atoms with E-state index in [1.54, 1.807) is 0 Å². The van der Waals surface area contributed by atoms with Gasteiger partial charge in [0.1, 0.15) is 0 Å². The molecule has 0 aromatic rings. The minimum absolute atomic E-state index is 0.348. The van der Waals surface area contributed by atoms with Crippen molar-refractivity contribution in [3.63, 3.8) is 0 Å². The minimum atomic E-state index is -0.638. The summed E-state index contributed by atoms with van der Waals surface area (Å²) < 4.78 is 0. The molecule has 0 amide bonds. The van der Waals surface area contributed by atoms with E-state index in [9.17, 15) is 4.79 Å². The number of carbonyl (C=O) groups is 1. The molecule has 3 nitrogen and oxygen atoms in total. The van der Waals surface area contributed by atoms with Gasteiger partial charge < -0.3 is 10.0 Å². The van der Waals surface area contributed by atoms with Crippen LogP contribution in [0.2, 0.25) is 0 Å². The molecule has 0 aromatic heterocycles. The second-order valence-corrected chi connectivity index (χ2v) is 6.52. The third kappa shape index (κ3) is 4.48. The maximum atomic E-state index is 10.7. The van der Waals surface area contributed by atoms with E-state index in [1.165, 1.54) is 51.5 Å². The van der Waals surface area contributed by atoms with Gasteiger partial charge >= 0.3 is 5.97 Å². The summed E-state index contributed by atoms with van der Waals surface area (Å²) in [6.07, 6.45) is 10.6. The van der Waals surface area contributed by atoms with Crippen LogP contribution in [-0.2, 0) is 4.79 Å². The van der Waals surface area contributed by atoms with Gasteiger partial charge in [0.15, 0.2) is 0 Å². The van der Waals surface area contributed by atoms with Crippen molar-refractivity contribution in [3.05, 3.63) is 0 Å². The SMILES string of the molecule is CCC1CCC(N2CCCC(CCC(=O)O)C2)CC1. The van der Waals surface area contributed by atoms with Gasteiger partial charge in [0.05, 0.1) is 0 Å². The molecule has 1 saturated carbocycles. The molecule has 2 aliphatic rings. The van der Waals surface area contributed by atoms with Crippen molar-refractivity contribution >= 4 is 5.97 Å². The molecule has 1 saturated heterocycles. The van der Waals surface area contributed by atoms with Crippen molar-refractivity contribution in [2.75, 3.05) is 13.1 Å². The van der Waals surface area contributed by atoms with Gasteiger partial charge in [-0.05, 0) is 63.3 Å². The quantitative estimate of drug-likeness (QED) is 0.828. The average molecular weight is 267 g/mol. The predicted octanol–water partition coefficient (Wildman–Crippen LogP) is 3.53. The van der Waals surface area contributed by atoms with Gasteiger partial charge in [-0.3, -0.25) is 4.79 Å². The number of nitrogens with zero attached hydrogens (tertiary/aromatic N) is 1. The summed E-state index contributed by atoms with van der Waals surface area (Å²) in [7, 11) is 0. The summed E-state index contributed by atoms with van der Waals surface area (Å²) in [5, 5.41) is 8.80. The first-order chi connectivity index (χ1) is 9.19. The van der Waals surface area contributed by atoms with Crippen molar-refractivity contribution in [1.29, 1.82) is 0 Å². The number of hydrogen-bond donors (Lipinski definition) is 1. The zero-order chi connectivity index (χ0) is 13.7. The number of rotatable bonds is 5. The Hall–Kier alpha value is -0.570. The van der Waals surface area contributed by atoms with Gasteiger partial charge in [-0.2, -0.15) is 0 Å². The van der Waals surface area contributed by atoms with Crippen LogP contribution in [-0.4, -0.2) is 35.1 Å². The first kappa shape index (κ1) is 14.8. The van der Waals surface area contributed by atoms with E-state index in [0.717, 1.165) is 24.9 Å². The van der Waals surface area contributed by atoms with Gasteiger partial charge in [0, 0.05) is 19.0 Å². The maximum absolute atomic E-state index is 10.7. The molecule has 1 atom stereocenters. The third-order valence-electron chi connectivity index (χ3n) is 5.23. The Morgan fingerprint density at radius 2 is 1.89 bits per heavy atom. The molecule has 2 fully saturated rings. The second-order valence-electron chi connectivity index (χ2n) is 6.52. The van der Waals surface area contributed by atoms with Crippen molar-refractivity contribution < 1.29 is 9.90 Å². The van der Waals surface area contributed by atoms with Gasteiger partial charge in [-0.1, -0.05) is 13.3 Å². The first-order valence-electron chi connectivity index (χ1n) is 8.15. The summed E-state index contributed by atoms with van der Waals surface area (Å²) in [6, 6.07) is 0.787. The van der Waals surface area contributed by atoms with E-state index in [0.29, 0.717) is 12.3 Å². The van der Waals surface area contributed by atoms with Crippen LogP contribution in [0.4, 0.5) is 0 Å². The van der Waals surface area contributed by atoms with Crippen LogP contribution in [0.25, 0.3) is 0 Å². The van der Waals surface area contributed by atoms with Crippen molar-refractivity contribution in [2.24, 2.45) is 11.8 Å². The minimum Gasteiger partial charge on any atom is -0.481 e. The lowest BCUT2D eigenvalue weighted by Gasteiger charge is -2.41. The van der Waals surface area contributed by atoms with Crippen LogP contribution < -0.4 is 0 Å². The molecule has 1 N–H and O–H groups in total. The van der Waals surface area contributed by atoms with Crippen LogP contribution in [0.15, 0.2) is 0 Å². The van der Waals surface area contributed by atoms with Crippen LogP contribution >= 0.6 is 0 Å². The molecule has 19 heavy (non-hydrogen) atoms. The molecule has 3 heteroatoms. The summed E-state index contributed by atoms with van der Waals surface area (Å²) in [6.45, 7) is 4.70. The summed E-state index contributed by atoms with van der Waals surface area (Å²) in [5.41, 5.74) is 0. The molecule has 0 radical (unpaired) electrons. The van der Waals surface area contributed by atoms with Gasteiger partial charge in [-0.25, -0.2) is 0 Å². The lowest BCUT2D eigenvalue weighted by molar-refractivity contribution is -0.137. The lowest BCUT2D eigenvalue weighted by Crippen LogP contribution is -2.44. The Balaban J connectivity index is 1.76. The Morgan fingerprint density at radius 1 is 1.16 bits per heavy atom. The Bertz CT molecular complexity index is 284. The van der Waals surface area contributed by atoms with E-state index in [-0.39, 0.29) is 0 Å². The van der Waals surface area contributed by atoms with E-state index in [4.69, 9.17) is 5.11 Å². The molecule has 0 bridgehead atoms. The fourth-order valence-electron chi connectivity index (χ4n) is 3.91. The highest BCUT2D eigenvalue weighted by molar-refractivity contribution is 5.66. The maximum Gasteiger partial charge on any atom is 0.303 e. The first-order valence-corrected chi connectivity index (χ1v) is 8.15. The number of likely N-dealkylation sites (tertiary alicyclic amines) is 1. The summed E-state index contributed by atoms with van der Waals surface area (Å²) in [4.78, 5) is 13.3. The average Bonchev–Trinajstić information content (AvgIpc) is 2.45. The number of piperidine rings is 1. The molecular formula is C16H29NO2. The third-order valence-corrected chi connectivity index (χ3v) is 5.23. The van der Waals surface area contributed by atoms with E-state index >= 15 is 0 Å². The Labute approximate surface area is 117 Å². The molecule has 1 heterocycles. The summed E-state index contributed by atoms with van der Waals surface area (Å²) in [5.74, 6) is 0.943. The summed E-state index contributed by atoms with van der Waals surface area (Å²) >= 11 is 0. The largest absolute Gasteiger partial charge is 0.481 e. The normalized spacial score (nSPS) is 33.2. The highest BCUT2D eigenvalue weighted by atomic mass is 16.4. The topological polar surface area (TPSA) is 40.5 Å². The van der Waals surface area contributed by atoms with Crippen molar-refractivity contribution in [2.45, 2.75) is 70.8 Å². The van der Waals surface area contributed by atoms with Gasteiger partial charge in [0.2, 0.25) is 0 Å². The lowest BCUT2D eigenvalue weighted by atomic mass is 9.82. The Morgan fingerprint density at radius 3 is 2.53 bits per heavy atom. The predicted molar refractivity (Wildman–Crippen MR) is 77.2 cm³/mol. The number of carboxylic acid groups (broad SMARTS) is 1. The van der Waals surface area contributed by atoms with Crippen LogP contribution in [0.1, 0.15) is 64.7 Å². The standard InChI is InChI=1S/C16H29NO2/c1-2-13-5-8-15(9-6-13)17-11-3-4-14(12-17)7-10-16(18)19/h13-15H,2-12H2,1H3,(H,18,19). The fourth-order valence-corrected chi connectivity index (χ4v) is 3.91. The smallest absolute Gasteiger partial charge is 0.303 e. The molecule has 110 valence electrons. The molecular weight excluding hydrogens is 238 g/mol. The fraction of sp³-hybridized carbons (Fsp3) is 0.938. The molecule has 1 aliphatic heterocycles. The second kappa shape index (κ2) is 7.28. The van der Waals surface area contributed by atoms with Crippen LogP contribution in [0.3, 0.4) is 0 Å². The zero-order valence-electron chi connectivity index (χ0n) is 12.3. The van der Waals surface area contributed by atoms with E-state index < -0.39 is 5.97 Å². The molecule has 1 aliphatic carbocycles. The van der Waals surface area contributed by atoms with Crippen LogP contribution in [0.5, 0.6) is 0 Å². The van der Waals surface area contributed by atoms with E-state index in [1.807, 2.05) is 0 Å².